The Morgan fingerprint density at radius 2 is 2.12 bits per heavy atom. The third kappa shape index (κ3) is 3.72. The summed E-state index contributed by atoms with van der Waals surface area (Å²) in [7, 11) is 0. The molecule has 122 valence electrons. The van der Waals surface area contributed by atoms with Crippen molar-refractivity contribution < 1.29 is 9.21 Å². The van der Waals surface area contributed by atoms with E-state index >= 15 is 0 Å². The summed E-state index contributed by atoms with van der Waals surface area (Å²) < 4.78 is 5.17. The molecule has 0 aliphatic rings. The molecule has 0 spiro atoms. The van der Waals surface area contributed by atoms with E-state index in [2.05, 4.69) is 20.6 Å². The zero-order chi connectivity index (χ0) is 16.9. The van der Waals surface area contributed by atoms with Gasteiger partial charge in [0.15, 0.2) is 0 Å². The lowest BCUT2D eigenvalue weighted by Crippen LogP contribution is -2.24. The molecule has 0 radical (unpaired) electrons. The van der Waals surface area contributed by atoms with E-state index in [1.165, 1.54) is 6.20 Å². The number of nitrogens with one attached hydrogen (secondary N) is 2. The minimum atomic E-state index is -0.306. The fourth-order valence-corrected chi connectivity index (χ4v) is 2.25. The van der Waals surface area contributed by atoms with Gasteiger partial charge < -0.3 is 15.1 Å². The van der Waals surface area contributed by atoms with Crippen LogP contribution < -0.4 is 10.6 Å². The molecule has 6 nitrogen and oxygen atoms in total. The van der Waals surface area contributed by atoms with Crippen LogP contribution in [0, 0.1) is 6.92 Å². The summed E-state index contributed by atoms with van der Waals surface area (Å²) in [6.07, 6.45) is 3.08. The molecule has 0 aliphatic carbocycles. The first-order valence-corrected chi connectivity index (χ1v) is 7.67. The van der Waals surface area contributed by atoms with Crippen molar-refractivity contribution in [3.05, 3.63) is 70.9 Å². The van der Waals surface area contributed by atoms with Gasteiger partial charge in [-0.05, 0) is 42.8 Å². The van der Waals surface area contributed by atoms with Crippen LogP contribution in [0.4, 0.5) is 11.6 Å². The number of hydrogen-bond donors (Lipinski definition) is 2. The Morgan fingerprint density at radius 1 is 1.25 bits per heavy atom. The predicted octanol–water partition coefficient (Wildman–Crippen LogP) is 3.71. The van der Waals surface area contributed by atoms with Gasteiger partial charge >= 0.3 is 0 Å². The number of benzene rings is 1. The van der Waals surface area contributed by atoms with E-state index in [-0.39, 0.29) is 11.6 Å². The highest BCUT2D eigenvalue weighted by molar-refractivity contribution is 6.31. The lowest BCUT2D eigenvalue weighted by molar-refractivity contribution is 0.0943. The summed E-state index contributed by atoms with van der Waals surface area (Å²) in [6.45, 7) is 2.19. The number of rotatable bonds is 5. The molecule has 0 unspecified atom stereocenters. The molecule has 24 heavy (non-hydrogen) atoms. The maximum absolute atomic E-state index is 12.2. The quantitative estimate of drug-likeness (QED) is 0.739. The van der Waals surface area contributed by atoms with Gasteiger partial charge in [0.25, 0.3) is 5.91 Å². The lowest BCUT2D eigenvalue weighted by atomic mass is 10.2. The molecule has 7 heteroatoms. The third-order valence-electron chi connectivity index (χ3n) is 3.41. The van der Waals surface area contributed by atoms with Gasteiger partial charge in [0.05, 0.1) is 12.8 Å². The minimum absolute atomic E-state index is 0.263. The Labute approximate surface area is 143 Å². The monoisotopic (exact) mass is 342 g/mol. The van der Waals surface area contributed by atoms with E-state index in [0.717, 1.165) is 11.3 Å². The second-order valence-corrected chi connectivity index (χ2v) is 5.47. The zero-order valence-corrected chi connectivity index (χ0v) is 13.7. The Balaban J connectivity index is 1.71. The second kappa shape index (κ2) is 7.14. The van der Waals surface area contributed by atoms with Crippen molar-refractivity contribution in [1.82, 2.24) is 15.3 Å². The molecule has 0 saturated heterocycles. The maximum atomic E-state index is 12.2. The summed E-state index contributed by atoms with van der Waals surface area (Å²) >= 11 is 6.10. The number of hydrogen-bond acceptors (Lipinski definition) is 5. The van der Waals surface area contributed by atoms with Crippen LogP contribution >= 0.6 is 11.6 Å². The largest absolute Gasteiger partial charge is 0.467 e. The highest BCUT2D eigenvalue weighted by atomic mass is 35.5. The molecule has 2 aromatic heterocycles. The summed E-state index contributed by atoms with van der Waals surface area (Å²) in [4.78, 5) is 20.5. The summed E-state index contributed by atoms with van der Waals surface area (Å²) in [5.74, 6) is 0.691. The van der Waals surface area contributed by atoms with Crippen LogP contribution in [0.3, 0.4) is 0 Å². The van der Waals surface area contributed by atoms with Crippen LogP contribution in [0.1, 0.15) is 21.8 Å². The first-order chi connectivity index (χ1) is 11.6. The molecule has 3 rings (SSSR count). The average Bonchev–Trinajstić information content (AvgIpc) is 3.11. The van der Waals surface area contributed by atoms with Gasteiger partial charge in [-0.2, -0.15) is 0 Å². The van der Waals surface area contributed by atoms with Gasteiger partial charge in [0.1, 0.15) is 11.5 Å². The van der Waals surface area contributed by atoms with Gasteiger partial charge in [-0.15, -0.1) is 0 Å². The highest BCUT2D eigenvalue weighted by Crippen LogP contribution is 2.24. The van der Waals surface area contributed by atoms with E-state index in [1.54, 1.807) is 30.5 Å². The molecule has 0 bridgehead atoms. The highest BCUT2D eigenvalue weighted by Gasteiger charge is 2.10. The third-order valence-corrected chi connectivity index (χ3v) is 3.82. The van der Waals surface area contributed by atoms with Crippen molar-refractivity contribution in [3.8, 4) is 0 Å². The van der Waals surface area contributed by atoms with Crippen LogP contribution in [0.5, 0.6) is 0 Å². The van der Waals surface area contributed by atoms with E-state index in [0.29, 0.717) is 23.3 Å². The molecule has 3 aromatic rings. The molecule has 1 amide bonds. The fourth-order valence-electron chi connectivity index (χ4n) is 2.08. The Morgan fingerprint density at radius 3 is 2.92 bits per heavy atom. The second-order valence-electron chi connectivity index (χ2n) is 5.06. The molecule has 1 aromatic carbocycles. The molecule has 0 atom stereocenters. The summed E-state index contributed by atoms with van der Waals surface area (Å²) in [5.41, 5.74) is 1.94. The van der Waals surface area contributed by atoms with Gasteiger partial charge in [0, 0.05) is 16.9 Å². The number of anilines is 2. The molecule has 2 heterocycles. The zero-order valence-electron chi connectivity index (χ0n) is 12.9. The smallest absolute Gasteiger partial charge is 0.270 e. The number of nitrogens with zero attached hydrogens (tertiary/aromatic N) is 2. The predicted molar refractivity (Wildman–Crippen MR) is 91.4 cm³/mol. The lowest BCUT2D eigenvalue weighted by Gasteiger charge is -2.10. The Bertz CT molecular complexity index is 850. The first kappa shape index (κ1) is 16.0. The molecule has 0 aliphatic heterocycles. The normalized spacial score (nSPS) is 10.4. The van der Waals surface area contributed by atoms with Crippen LogP contribution in [-0.4, -0.2) is 15.9 Å². The molecular formula is C17H15ClN4O2. The van der Waals surface area contributed by atoms with Crippen LogP contribution in [0.25, 0.3) is 0 Å². The number of halogens is 1. The molecule has 0 fully saturated rings. The maximum Gasteiger partial charge on any atom is 0.270 e. The van der Waals surface area contributed by atoms with Crippen molar-refractivity contribution in [2.75, 3.05) is 5.32 Å². The number of carbonyl (C=O) groups excluding carboxylic acids is 1. The van der Waals surface area contributed by atoms with Crippen molar-refractivity contribution in [2.24, 2.45) is 0 Å². The van der Waals surface area contributed by atoms with E-state index in [9.17, 15) is 4.79 Å². The number of furan rings is 1. The standard InChI is InChI=1S/C17H15ClN4O2/c1-11-13(18)5-2-6-14(11)21-17-19-8-7-15(22-17)16(23)20-10-12-4-3-9-24-12/h2-9H,10H2,1H3,(H,20,23)(H,19,21,22). The number of carbonyl (C=O) groups is 1. The van der Waals surface area contributed by atoms with Gasteiger partial charge in [-0.3, -0.25) is 4.79 Å². The first-order valence-electron chi connectivity index (χ1n) is 7.29. The Hall–Kier alpha value is -2.86. The van der Waals surface area contributed by atoms with E-state index in [1.807, 2.05) is 19.1 Å². The number of amides is 1. The molecule has 2 N–H and O–H groups in total. The SMILES string of the molecule is Cc1c(Cl)cccc1Nc1nccc(C(=O)NCc2ccco2)n1. The minimum Gasteiger partial charge on any atom is -0.467 e. The van der Waals surface area contributed by atoms with E-state index < -0.39 is 0 Å². The fraction of sp³-hybridized carbons (Fsp3) is 0.118. The van der Waals surface area contributed by atoms with Crippen LogP contribution in [0.2, 0.25) is 5.02 Å². The van der Waals surface area contributed by atoms with Gasteiger partial charge in [-0.25, -0.2) is 9.97 Å². The van der Waals surface area contributed by atoms with Crippen LogP contribution in [0.15, 0.2) is 53.3 Å². The van der Waals surface area contributed by atoms with Gasteiger partial charge in [0.2, 0.25) is 5.95 Å². The summed E-state index contributed by atoms with van der Waals surface area (Å²) in [6, 6.07) is 10.6. The topological polar surface area (TPSA) is 80.0 Å². The van der Waals surface area contributed by atoms with Crippen molar-refractivity contribution in [1.29, 1.82) is 0 Å². The summed E-state index contributed by atoms with van der Waals surface area (Å²) in [5, 5.41) is 6.46. The number of aromatic nitrogens is 2. The Kier molecular flexibility index (Phi) is 4.77. The van der Waals surface area contributed by atoms with Crippen LogP contribution in [-0.2, 0) is 6.54 Å². The molecule has 0 saturated carbocycles. The van der Waals surface area contributed by atoms with Crippen molar-refractivity contribution >= 4 is 29.1 Å². The molecular weight excluding hydrogens is 328 g/mol. The van der Waals surface area contributed by atoms with Crippen molar-refractivity contribution in [3.63, 3.8) is 0 Å². The van der Waals surface area contributed by atoms with E-state index in [4.69, 9.17) is 16.0 Å². The van der Waals surface area contributed by atoms with Gasteiger partial charge in [-0.1, -0.05) is 17.7 Å². The van der Waals surface area contributed by atoms with Crippen molar-refractivity contribution in [2.45, 2.75) is 13.5 Å². The average molecular weight is 343 g/mol.